The molecule has 1 N–H and O–H groups in total. The molecule has 0 bridgehead atoms. The average Bonchev–Trinajstić information content (AvgIpc) is 2.60. The molecule has 0 spiro atoms. The molecule has 0 aliphatic carbocycles. The summed E-state index contributed by atoms with van der Waals surface area (Å²) in [6, 6.07) is 6.86. The highest BCUT2D eigenvalue weighted by Gasteiger charge is 2.33. The maximum absolute atomic E-state index is 5.96. The molecule has 2 aliphatic rings. The molecule has 1 aromatic rings. The van der Waals surface area contributed by atoms with E-state index in [0.717, 1.165) is 62.5 Å². The normalized spacial score (nSPS) is 20.2. The second kappa shape index (κ2) is 11.6. The van der Waals surface area contributed by atoms with E-state index in [0.29, 0.717) is 18.6 Å². The lowest BCUT2D eigenvalue weighted by Crippen LogP contribution is -2.47. The van der Waals surface area contributed by atoms with Crippen molar-refractivity contribution < 1.29 is 9.47 Å². The first-order valence-corrected chi connectivity index (χ1v) is 9.53. The standard InChI is InChI=1S/C18H27BrN2O2.2ClH/c1-2-23-17-4-3-15(19)13-16(17)18(14-5-11-22-12-6-14)21-9-7-20-8-10-21;;/h3-4,13-14,18,20H,2,5-12H2,1H3;2*1H/t18-;;/m0../s1. The summed E-state index contributed by atoms with van der Waals surface area (Å²) >= 11 is 3.65. The van der Waals surface area contributed by atoms with Gasteiger partial charge in [0, 0.05) is 55.5 Å². The first-order chi connectivity index (χ1) is 11.3. The Bertz CT molecular complexity index is 492. The fraction of sp³-hybridized carbons (Fsp3) is 0.667. The van der Waals surface area contributed by atoms with Crippen molar-refractivity contribution in [1.82, 2.24) is 10.2 Å². The molecule has 2 fully saturated rings. The molecule has 0 radical (unpaired) electrons. The van der Waals surface area contributed by atoms with Gasteiger partial charge in [-0.25, -0.2) is 0 Å². The lowest BCUT2D eigenvalue weighted by Gasteiger charge is -2.41. The minimum Gasteiger partial charge on any atom is -0.494 e. The van der Waals surface area contributed by atoms with Crippen molar-refractivity contribution in [1.29, 1.82) is 0 Å². The molecule has 0 saturated carbocycles. The predicted molar refractivity (Wildman–Crippen MR) is 111 cm³/mol. The highest BCUT2D eigenvalue weighted by atomic mass is 79.9. The molecule has 144 valence electrons. The van der Waals surface area contributed by atoms with Gasteiger partial charge in [-0.15, -0.1) is 24.8 Å². The summed E-state index contributed by atoms with van der Waals surface area (Å²) in [7, 11) is 0. The van der Waals surface area contributed by atoms with Crippen LogP contribution in [0.4, 0.5) is 0 Å². The van der Waals surface area contributed by atoms with Gasteiger partial charge in [0.25, 0.3) is 0 Å². The minimum absolute atomic E-state index is 0. The summed E-state index contributed by atoms with van der Waals surface area (Å²) < 4.78 is 12.7. The number of rotatable bonds is 5. The summed E-state index contributed by atoms with van der Waals surface area (Å²) in [6.45, 7) is 8.85. The van der Waals surface area contributed by atoms with Crippen LogP contribution in [0.1, 0.15) is 31.4 Å². The Hall–Kier alpha value is -0.0400. The number of ether oxygens (including phenoxy) is 2. The SMILES string of the molecule is CCOc1ccc(Br)cc1[C@H](C1CCOCC1)N1CCNCC1.Cl.Cl. The predicted octanol–water partition coefficient (Wildman–Crippen LogP) is 4.06. The zero-order chi connectivity index (χ0) is 16.1. The molecule has 1 atom stereocenters. The van der Waals surface area contributed by atoms with Crippen LogP contribution in [-0.4, -0.2) is 50.9 Å². The van der Waals surface area contributed by atoms with Crippen molar-refractivity contribution in [3.05, 3.63) is 28.2 Å². The molecule has 1 aromatic carbocycles. The highest BCUT2D eigenvalue weighted by Crippen LogP contribution is 2.40. The topological polar surface area (TPSA) is 33.7 Å². The second-order valence-electron chi connectivity index (χ2n) is 6.30. The third-order valence-electron chi connectivity index (χ3n) is 4.85. The maximum atomic E-state index is 5.96. The van der Waals surface area contributed by atoms with Crippen molar-refractivity contribution in [2.45, 2.75) is 25.8 Å². The lowest BCUT2D eigenvalue weighted by atomic mass is 9.85. The Balaban J connectivity index is 0.00000156. The molecule has 7 heteroatoms. The fourth-order valence-corrected chi connectivity index (χ4v) is 4.16. The molecule has 2 saturated heterocycles. The van der Waals surface area contributed by atoms with Crippen LogP contribution in [0.5, 0.6) is 5.75 Å². The van der Waals surface area contributed by atoms with Gasteiger partial charge in [0.05, 0.1) is 6.61 Å². The Kier molecular flexibility index (Phi) is 10.7. The van der Waals surface area contributed by atoms with Gasteiger partial charge in [0.15, 0.2) is 0 Å². The summed E-state index contributed by atoms with van der Waals surface area (Å²) in [4.78, 5) is 2.64. The third-order valence-corrected chi connectivity index (χ3v) is 5.34. The van der Waals surface area contributed by atoms with Crippen LogP contribution in [0.15, 0.2) is 22.7 Å². The van der Waals surface area contributed by atoms with Crippen molar-refractivity contribution in [2.75, 3.05) is 46.0 Å². The van der Waals surface area contributed by atoms with Crippen LogP contribution in [-0.2, 0) is 4.74 Å². The largest absolute Gasteiger partial charge is 0.494 e. The van der Waals surface area contributed by atoms with Crippen molar-refractivity contribution in [2.24, 2.45) is 5.92 Å². The molecular formula is C18H29BrCl2N2O2. The van der Waals surface area contributed by atoms with Crippen LogP contribution in [0.3, 0.4) is 0 Å². The van der Waals surface area contributed by atoms with E-state index in [1.54, 1.807) is 0 Å². The van der Waals surface area contributed by atoms with Gasteiger partial charge in [0.2, 0.25) is 0 Å². The fourth-order valence-electron chi connectivity index (χ4n) is 3.78. The van der Waals surface area contributed by atoms with E-state index in [1.807, 2.05) is 0 Å². The van der Waals surface area contributed by atoms with E-state index in [4.69, 9.17) is 9.47 Å². The number of nitrogens with zero attached hydrogens (tertiary/aromatic N) is 1. The molecule has 0 unspecified atom stereocenters. The maximum Gasteiger partial charge on any atom is 0.124 e. The van der Waals surface area contributed by atoms with Gasteiger partial charge in [-0.05, 0) is 43.9 Å². The quantitative estimate of drug-likeness (QED) is 0.725. The van der Waals surface area contributed by atoms with Crippen molar-refractivity contribution in [3.8, 4) is 5.75 Å². The summed E-state index contributed by atoms with van der Waals surface area (Å²) in [5.41, 5.74) is 1.33. The summed E-state index contributed by atoms with van der Waals surface area (Å²) in [5.74, 6) is 1.67. The van der Waals surface area contributed by atoms with Gasteiger partial charge in [-0.1, -0.05) is 15.9 Å². The van der Waals surface area contributed by atoms with Crippen LogP contribution in [0.2, 0.25) is 0 Å². The van der Waals surface area contributed by atoms with Gasteiger partial charge < -0.3 is 14.8 Å². The Morgan fingerprint density at radius 3 is 2.56 bits per heavy atom. The molecule has 0 amide bonds. The van der Waals surface area contributed by atoms with E-state index < -0.39 is 0 Å². The monoisotopic (exact) mass is 454 g/mol. The second-order valence-corrected chi connectivity index (χ2v) is 7.21. The number of nitrogens with one attached hydrogen (secondary N) is 1. The summed E-state index contributed by atoms with van der Waals surface area (Å²) in [5, 5.41) is 3.47. The van der Waals surface area contributed by atoms with Crippen molar-refractivity contribution >= 4 is 40.7 Å². The zero-order valence-corrected chi connectivity index (χ0v) is 17.9. The zero-order valence-electron chi connectivity index (χ0n) is 14.7. The number of piperazine rings is 1. The smallest absolute Gasteiger partial charge is 0.124 e. The molecular weight excluding hydrogens is 427 g/mol. The average molecular weight is 456 g/mol. The van der Waals surface area contributed by atoms with Crippen LogP contribution >= 0.6 is 40.7 Å². The number of hydrogen-bond donors (Lipinski definition) is 1. The molecule has 0 aromatic heterocycles. The Labute approximate surface area is 172 Å². The van der Waals surface area contributed by atoms with Gasteiger partial charge >= 0.3 is 0 Å². The van der Waals surface area contributed by atoms with E-state index >= 15 is 0 Å². The number of benzene rings is 1. The minimum atomic E-state index is 0. The van der Waals surface area contributed by atoms with Crippen LogP contribution < -0.4 is 10.1 Å². The Morgan fingerprint density at radius 1 is 1.24 bits per heavy atom. The lowest BCUT2D eigenvalue weighted by molar-refractivity contribution is 0.0205. The molecule has 25 heavy (non-hydrogen) atoms. The van der Waals surface area contributed by atoms with Gasteiger partial charge in [-0.2, -0.15) is 0 Å². The molecule has 2 heterocycles. The molecule has 4 nitrogen and oxygen atoms in total. The van der Waals surface area contributed by atoms with Crippen LogP contribution in [0, 0.1) is 5.92 Å². The molecule has 3 rings (SSSR count). The van der Waals surface area contributed by atoms with Gasteiger partial charge in [-0.3, -0.25) is 4.90 Å². The number of halogens is 3. The van der Waals surface area contributed by atoms with E-state index in [9.17, 15) is 0 Å². The van der Waals surface area contributed by atoms with Crippen LogP contribution in [0.25, 0.3) is 0 Å². The highest BCUT2D eigenvalue weighted by molar-refractivity contribution is 9.10. The summed E-state index contributed by atoms with van der Waals surface area (Å²) in [6.07, 6.45) is 2.26. The first kappa shape index (κ1) is 23.0. The van der Waals surface area contributed by atoms with Gasteiger partial charge in [0.1, 0.15) is 5.75 Å². The third kappa shape index (κ3) is 5.98. The van der Waals surface area contributed by atoms with E-state index in [2.05, 4.69) is 51.3 Å². The van der Waals surface area contributed by atoms with E-state index in [1.165, 1.54) is 5.56 Å². The molecule has 2 aliphatic heterocycles. The Morgan fingerprint density at radius 2 is 1.92 bits per heavy atom. The van der Waals surface area contributed by atoms with E-state index in [-0.39, 0.29) is 24.8 Å². The van der Waals surface area contributed by atoms with Crippen molar-refractivity contribution in [3.63, 3.8) is 0 Å². The number of hydrogen-bond acceptors (Lipinski definition) is 4. The first-order valence-electron chi connectivity index (χ1n) is 8.74.